The van der Waals surface area contributed by atoms with Crippen LogP contribution in [0.5, 0.6) is 0 Å². The number of rotatable bonds is 5. The van der Waals surface area contributed by atoms with Gasteiger partial charge in [0, 0.05) is 26.2 Å². The lowest BCUT2D eigenvalue weighted by atomic mass is 9.92. The minimum absolute atomic E-state index is 0.220. The molecule has 1 saturated heterocycles. The molecule has 1 aromatic carbocycles. The maximum Gasteiger partial charge on any atom is 0.333 e. The Hall–Kier alpha value is -1.92. The summed E-state index contributed by atoms with van der Waals surface area (Å²) in [7, 11) is 0. The van der Waals surface area contributed by atoms with Crippen molar-refractivity contribution in [2.24, 2.45) is 0 Å². The zero-order valence-electron chi connectivity index (χ0n) is 12.1. The van der Waals surface area contributed by atoms with Crippen LogP contribution in [0.1, 0.15) is 12.5 Å². The molecule has 21 heavy (non-hydrogen) atoms. The number of piperazine rings is 1. The molecule has 2 rings (SSSR count). The largest absolute Gasteiger partial charge is 0.479 e. The molecule has 1 unspecified atom stereocenters. The molecular weight excluding hydrogens is 270 g/mol. The van der Waals surface area contributed by atoms with Gasteiger partial charge in [0.2, 0.25) is 5.91 Å². The van der Waals surface area contributed by atoms with Gasteiger partial charge in [-0.2, -0.15) is 0 Å². The summed E-state index contributed by atoms with van der Waals surface area (Å²) in [4.78, 5) is 25.8. The molecule has 0 radical (unpaired) electrons. The highest BCUT2D eigenvalue weighted by molar-refractivity contribution is 5.88. The van der Waals surface area contributed by atoms with Crippen molar-refractivity contribution in [1.29, 1.82) is 0 Å². The van der Waals surface area contributed by atoms with Crippen LogP contribution in [0.3, 0.4) is 0 Å². The van der Waals surface area contributed by atoms with E-state index in [0.29, 0.717) is 5.56 Å². The third-order valence-corrected chi connectivity index (χ3v) is 3.75. The van der Waals surface area contributed by atoms with Gasteiger partial charge in [-0.25, -0.2) is 4.79 Å². The zero-order valence-corrected chi connectivity index (χ0v) is 12.1. The van der Waals surface area contributed by atoms with Gasteiger partial charge >= 0.3 is 5.97 Å². The van der Waals surface area contributed by atoms with Crippen LogP contribution in [-0.2, 0) is 15.1 Å². The molecule has 0 aliphatic carbocycles. The molecule has 1 aliphatic heterocycles. The normalized spacial score (nSPS) is 18.7. The van der Waals surface area contributed by atoms with Gasteiger partial charge in [-0.3, -0.25) is 9.69 Å². The predicted molar refractivity (Wildman–Crippen MR) is 78.9 cm³/mol. The Balaban J connectivity index is 2.05. The average molecular weight is 291 g/mol. The van der Waals surface area contributed by atoms with Gasteiger partial charge < -0.3 is 15.7 Å². The fraction of sp³-hybridized carbons (Fsp3) is 0.467. The van der Waals surface area contributed by atoms with Gasteiger partial charge in [0.05, 0.1) is 6.54 Å². The quantitative estimate of drug-likeness (QED) is 0.712. The maximum atomic E-state index is 12.2. The number of nitrogens with one attached hydrogen (secondary N) is 2. The Morgan fingerprint density at radius 2 is 1.90 bits per heavy atom. The second-order valence-electron chi connectivity index (χ2n) is 5.37. The Labute approximate surface area is 124 Å². The highest BCUT2D eigenvalue weighted by atomic mass is 16.4. The summed E-state index contributed by atoms with van der Waals surface area (Å²) in [5, 5.41) is 15.4. The highest BCUT2D eigenvalue weighted by Crippen LogP contribution is 2.20. The summed E-state index contributed by atoms with van der Waals surface area (Å²) in [6, 6.07) is 8.75. The SMILES string of the molecule is CC(NC(=O)CN1CCNCC1)(C(=O)O)c1ccccc1. The van der Waals surface area contributed by atoms with Gasteiger partial charge in [0.1, 0.15) is 0 Å². The molecule has 1 amide bonds. The number of carbonyl (C=O) groups excluding carboxylic acids is 1. The van der Waals surface area contributed by atoms with Gasteiger partial charge in [-0.15, -0.1) is 0 Å². The van der Waals surface area contributed by atoms with E-state index in [1.807, 2.05) is 11.0 Å². The van der Waals surface area contributed by atoms with Crippen molar-refractivity contribution in [2.75, 3.05) is 32.7 Å². The molecule has 6 heteroatoms. The van der Waals surface area contributed by atoms with Crippen molar-refractivity contribution in [3.05, 3.63) is 35.9 Å². The van der Waals surface area contributed by atoms with E-state index in [1.165, 1.54) is 6.92 Å². The molecule has 0 saturated carbocycles. The Morgan fingerprint density at radius 3 is 2.48 bits per heavy atom. The Bertz CT molecular complexity index is 500. The molecule has 1 atom stereocenters. The van der Waals surface area contributed by atoms with Crippen molar-refractivity contribution in [3.8, 4) is 0 Å². The van der Waals surface area contributed by atoms with Crippen LogP contribution in [-0.4, -0.2) is 54.6 Å². The first-order valence-electron chi connectivity index (χ1n) is 7.05. The number of carbonyl (C=O) groups is 2. The molecule has 1 heterocycles. The van der Waals surface area contributed by atoms with Gasteiger partial charge in [-0.05, 0) is 12.5 Å². The van der Waals surface area contributed by atoms with Crippen molar-refractivity contribution in [3.63, 3.8) is 0 Å². The van der Waals surface area contributed by atoms with Crippen LogP contribution in [0.4, 0.5) is 0 Å². The number of hydrogen-bond acceptors (Lipinski definition) is 4. The van der Waals surface area contributed by atoms with E-state index < -0.39 is 11.5 Å². The molecule has 1 aliphatic rings. The van der Waals surface area contributed by atoms with E-state index in [4.69, 9.17) is 0 Å². The van der Waals surface area contributed by atoms with Crippen LogP contribution in [0.2, 0.25) is 0 Å². The molecule has 0 bridgehead atoms. The first-order valence-corrected chi connectivity index (χ1v) is 7.05. The molecule has 0 spiro atoms. The third kappa shape index (κ3) is 3.80. The van der Waals surface area contributed by atoms with E-state index >= 15 is 0 Å². The maximum absolute atomic E-state index is 12.2. The summed E-state index contributed by atoms with van der Waals surface area (Å²) in [6.07, 6.45) is 0. The summed E-state index contributed by atoms with van der Waals surface area (Å²) in [5.41, 5.74) is -0.849. The number of aliphatic carboxylic acids is 1. The monoisotopic (exact) mass is 291 g/mol. The zero-order chi connectivity index (χ0) is 15.3. The Morgan fingerprint density at radius 1 is 1.29 bits per heavy atom. The van der Waals surface area contributed by atoms with Crippen molar-refractivity contribution < 1.29 is 14.7 Å². The second-order valence-corrected chi connectivity index (χ2v) is 5.37. The third-order valence-electron chi connectivity index (χ3n) is 3.75. The van der Waals surface area contributed by atoms with Crippen LogP contribution in [0.15, 0.2) is 30.3 Å². The predicted octanol–water partition coefficient (Wildman–Crippen LogP) is 0.00780. The first kappa shape index (κ1) is 15.5. The second kappa shape index (κ2) is 6.69. The van der Waals surface area contributed by atoms with Crippen molar-refractivity contribution in [2.45, 2.75) is 12.5 Å². The number of nitrogens with zero attached hydrogens (tertiary/aromatic N) is 1. The van der Waals surface area contributed by atoms with Gasteiger partial charge in [0.15, 0.2) is 5.54 Å². The minimum atomic E-state index is -1.41. The molecule has 1 fully saturated rings. The number of carboxylic acids is 1. The summed E-state index contributed by atoms with van der Waals surface area (Å²) in [5.74, 6) is -1.34. The highest BCUT2D eigenvalue weighted by Gasteiger charge is 2.36. The van der Waals surface area contributed by atoms with E-state index in [9.17, 15) is 14.7 Å². The smallest absolute Gasteiger partial charge is 0.333 e. The number of benzene rings is 1. The van der Waals surface area contributed by atoms with Crippen LogP contribution in [0, 0.1) is 0 Å². The van der Waals surface area contributed by atoms with E-state index in [2.05, 4.69) is 10.6 Å². The minimum Gasteiger partial charge on any atom is -0.479 e. The van der Waals surface area contributed by atoms with E-state index in [-0.39, 0.29) is 12.5 Å². The van der Waals surface area contributed by atoms with Gasteiger partial charge in [-0.1, -0.05) is 30.3 Å². The van der Waals surface area contributed by atoms with Crippen LogP contribution < -0.4 is 10.6 Å². The molecule has 6 nitrogen and oxygen atoms in total. The molecule has 114 valence electrons. The standard InChI is InChI=1S/C15H21N3O3/c1-15(14(20)21,12-5-3-2-4-6-12)17-13(19)11-18-9-7-16-8-10-18/h2-6,16H,7-11H2,1H3,(H,17,19)(H,20,21). The van der Waals surface area contributed by atoms with E-state index in [0.717, 1.165) is 26.2 Å². The van der Waals surface area contributed by atoms with Gasteiger partial charge in [0.25, 0.3) is 0 Å². The summed E-state index contributed by atoms with van der Waals surface area (Å²) in [6.45, 7) is 5.02. The number of hydrogen-bond donors (Lipinski definition) is 3. The van der Waals surface area contributed by atoms with Crippen molar-refractivity contribution in [1.82, 2.24) is 15.5 Å². The van der Waals surface area contributed by atoms with Crippen LogP contribution in [0.25, 0.3) is 0 Å². The number of carboxylic acid groups (broad SMARTS) is 1. The fourth-order valence-corrected chi connectivity index (χ4v) is 2.41. The fourth-order valence-electron chi connectivity index (χ4n) is 2.41. The van der Waals surface area contributed by atoms with E-state index in [1.54, 1.807) is 24.3 Å². The topological polar surface area (TPSA) is 81.7 Å². The first-order chi connectivity index (χ1) is 10.0. The van der Waals surface area contributed by atoms with Crippen LogP contribution >= 0.6 is 0 Å². The van der Waals surface area contributed by atoms with Crippen molar-refractivity contribution >= 4 is 11.9 Å². The summed E-state index contributed by atoms with van der Waals surface area (Å²) >= 11 is 0. The lowest BCUT2D eigenvalue weighted by molar-refractivity contribution is -0.147. The molecule has 1 aromatic rings. The Kier molecular flexibility index (Phi) is 4.93. The molecule has 3 N–H and O–H groups in total. The average Bonchev–Trinajstić information content (AvgIpc) is 2.48. The number of amides is 1. The molecule has 0 aromatic heterocycles. The lowest BCUT2D eigenvalue weighted by Gasteiger charge is -2.30. The summed E-state index contributed by atoms with van der Waals surface area (Å²) < 4.78 is 0. The molecular formula is C15H21N3O3. The lowest BCUT2D eigenvalue weighted by Crippen LogP contribution is -2.54.